The lowest BCUT2D eigenvalue weighted by molar-refractivity contribution is -0.149. The number of ether oxygens (including phenoxy) is 1. The molecule has 0 bridgehead atoms. The maximum absolute atomic E-state index is 12.3. The summed E-state index contributed by atoms with van der Waals surface area (Å²) in [5, 5.41) is 0. The number of aromatic nitrogens is 2. The number of piperidine rings is 1. The van der Waals surface area contributed by atoms with E-state index in [0.29, 0.717) is 24.4 Å². The van der Waals surface area contributed by atoms with Crippen molar-refractivity contribution in [1.29, 1.82) is 0 Å². The van der Waals surface area contributed by atoms with Crippen LogP contribution in [0.2, 0.25) is 0 Å². The number of halogens is 1. The quantitative estimate of drug-likeness (QED) is 0.215. The summed E-state index contributed by atoms with van der Waals surface area (Å²) >= 11 is 6.16. The zero-order valence-corrected chi connectivity index (χ0v) is 24.1. The monoisotopic (exact) mass is 529 g/mol. The van der Waals surface area contributed by atoms with E-state index in [-0.39, 0.29) is 11.9 Å². The van der Waals surface area contributed by atoms with Gasteiger partial charge in [0, 0.05) is 31.3 Å². The molecule has 3 aliphatic rings. The maximum atomic E-state index is 12.3. The maximum Gasteiger partial charge on any atom is 0.309 e. The first kappa shape index (κ1) is 28.4. The molecule has 1 fully saturated rings. The van der Waals surface area contributed by atoms with Crippen LogP contribution in [0.25, 0.3) is 0 Å². The van der Waals surface area contributed by atoms with Crippen LogP contribution in [0.1, 0.15) is 102 Å². The van der Waals surface area contributed by atoms with Crippen LogP contribution >= 0.6 is 11.6 Å². The molecular formula is C31H48ClN3O2. The van der Waals surface area contributed by atoms with Crippen molar-refractivity contribution in [3.63, 3.8) is 0 Å². The minimum absolute atomic E-state index is 0.0157. The van der Waals surface area contributed by atoms with Gasteiger partial charge in [-0.1, -0.05) is 43.6 Å². The van der Waals surface area contributed by atoms with Crippen molar-refractivity contribution in [3.8, 4) is 0 Å². The fourth-order valence-corrected chi connectivity index (χ4v) is 6.89. The number of alkyl halides is 1. The lowest BCUT2D eigenvalue weighted by Crippen LogP contribution is -2.37. The van der Waals surface area contributed by atoms with Crippen molar-refractivity contribution in [1.82, 2.24) is 14.5 Å². The first-order chi connectivity index (χ1) is 18.0. The molecule has 6 heteroatoms. The van der Waals surface area contributed by atoms with Crippen LogP contribution in [0.5, 0.6) is 0 Å². The van der Waals surface area contributed by atoms with E-state index in [0.717, 1.165) is 70.6 Å². The van der Waals surface area contributed by atoms with Crippen molar-refractivity contribution in [2.24, 2.45) is 17.8 Å². The number of allylic oxidation sites excluding steroid dienone is 4. The molecule has 206 valence electrons. The summed E-state index contributed by atoms with van der Waals surface area (Å²) in [7, 11) is 0. The van der Waals surface area contributed by atoms with Crippen molar-refractivity contribution in [2.75, 3.05) is 25.6 Å². The number of aryl methyl sites for hydroxylation is 1. The zero-order valence-electron chi connectivity index (χ0n) is 23.4. The standard InChI is InChI=1S/C31H48ClN3O2/c1-4-6-11-24(12-9-18-32)30-28(22-34-19-16-25(17-20-34)31(36)37-5-2)35-21-26(14-15-29(35)33-30)27-13-8-7-10-23(27)3/h7-8,10,24-27H,4-6,9,11-22H2,1-3H3. The van der Waals surface area contributed by atoms with Crippen molar-refractivity contribution >= 4 is 17.6 Å². The van der Waals surface area contributed by atoms with Crippen LogP contribution in [0.4, 0.5) is 0 Å². The molecule has 3 heterocycles. The number of carbonyl (C=O) groups is 1. The molecule has 4 rings (SSSR count). The number of esters is 1. The predicted octanol–water partition coefficient (Wildman–Crippen LogP) is 7.04. The summed E-state index contributed by atoms with van der Waals surface area (Å²) in [4.78, 5) is 20.2. The van der Waals surface area contributed by atoms with Gasteiger partial charge in [0.1, 0.15) is 5.82 Å². The number of hydrogen-bond acceptors (Lipinski definition) is 4. The van der Waals surface area contributed by atoms with Gasteiger partial charge in [0.25, 0.3) is 0 Å². The molecule has 3 atom stereocenters. The molecule has 1 saturated heterocycles. The number of rotatable bonds is 12. The molecule has 0 radical (unpaired) electrons. The Kier molecular flexibility index (Phi) is 10.7. The minimum Gasteiger partial charge on any atom is -0.466 e. The van der Waals surface area contributed by atoms with Crippen LogP contribution in [0.15, 0.2) is 23.8 Å². The van der Waals surface area contributed by atoms with Gasteiger partial charge in [-0.05, 0) is 83.7 Å². The first-order valence-corrected chi connectivity index (χ1v) is 15.5. The van der Waals surface area contributed by atoms with Crippen LogP contribution in [-0.2, 0) is 29.0 Å². The summed E-state index contributed by atoms with van der Waals surface area (Å²) in [6.45, 7) is 10.9. The van der Waals surface area contributed by atoms with Crippen molar-refractivity contribution in [2.45, 2.75) is 104 Å². The highest BCUT2D eigenvalue weighted by Gasteiger charge is 2.34. The first-order valence-electron chi connectivity index (χ1n) is 14.9. The Morgan fingerprint density at radius 3 is 2.68 bits per heavy atom. The molecule has 3 unspecified atom stereocenters. The molecule has 0 aromatic carbocycles. The number of nitrogens with zero attached hydrogens (tertiary/aromatic N) is 3. The van der Waals surface area contributed by atoms with E-state index in [1.165, 1.54) is 48.5 Å². The summed E-state index contributed by atoms with van der Waals surface area (Å²) in [5.41, 5.74) is 4.32. The van der Waals surface area contributed by atoms with Gasteiger partial charge in [-0.25, -0.2) is 4.98 Å². The topological polar surface area (TPSA) is 47.4 Å². The molecular weight excluding hydrogens is 482 g/mol. The van der Waals surface area contributed by atoms with Gasteiger partial charge in [-0.15, -0.1) is 11.6 Å². The van der Waals surface area contributed by atoms with Gasteiger partial charge in [0.05, 0.1) is 23.9 Å². The Labute approximate surface area is 229 Å². The number of carbonyl (C=O) groups excluding carboxylic acids is 1. The van der Waals surface area contributed by atoms with Crippen LogP contribution in [0, 0.1) is 17.8 Å². The Bertz CT molecular complexity index is 936. The Balaban J connectivity index is 1.57. The van der Waals surface area contributed by atoms with E-state index < -0.39 is 0 Å². The lowest BCUT2D eigenvalue weighted by atomic mass is 9.78. The highest BCUT2D eigenvalue weighted by Crippen LogP contribution is 2.38. The second kappa shape index (κ2) is 14.0. The molecule has 0 saturated carbocycles. The van der Waals surface area contributed by atoms with E-state index in [1.807, 2.05) is 6.92 Å². The number of fused-ring (bicyclic) bond motifs is 1. The van der Waals surface area contributed by atoms with Gasteiger partial charge in [0.15, 0.2) is 0 Å². The Hall–Kier alpha value is -1.59. The van der Waals surface area contributed by atoms with E-state index >= 15 is 0 Å². The fourth-order valence-electron chi connectivity index (χ4n) is 6.74. The number of hydrogen-bond donors (Lipinski definition) is 0. The highest BCUT2D eigenvalue weighted by atomic mass is 35.5. The van der Waals surface area contributed by atoms with E-state index in [9.17, 15) is 4.79 Å². The van der Waals surface area contributed by atoms with Gasteiger partial charge in [-0.3, -0.25) is 9.69 Å². The summed E-state index contributed by atoms with van der Waals surface area (Å²) < 4.78 is 7.93. The largest absolute Gasteiger partial charge is 0.466 e. The average molecular weight is 530 g/mol. The normalized spacial score (nSPS) is 23.5. The van der Waals surface area contributed by atoms with E-state index in [1.54, 1.807) is 0 Å². The van der Waals surface area contributed by atoms with E-state index in [4.69, 9.17) is 21.3 Å². The van der Waals surface area contributed by atoms with Gasteiger partial charge in [-0.2, -0.15) is 0 Å². The fraction of sp³-hybridized carbons (Fsp3) is 0.742. The smallest absolute Gasteiger partial charge is 0.309 e. The highest BCUT2D eigenvalue weighted by molar-refractivity contribution is 6.17. The zero-order chi connectivity index (χ0) is 26.2. The van der Waals surface area contributed by atoms with Gasteiger partial charge in [0.2, 0.25) is 0 Å². The Morgan fingerprint density at radius 1 is 1.19 bits per heavy atom. The molecule has 1 aromatic heterocycles. The molecule has 2 aliphatic heterocycles. The molecule has 5 nitrogen and oxygen atoms in total. The molecule has 1 aromatic rings. The van der Waals surface area contributed by atoms with Crippen molar-refractivity contribution in [3.05, 3.63) is 41.0 Å². The molecule has 0 spiro atoms. The molecule has 0 N–H and O–H groups in total. The number of unbranched alkanes of at least 4 members (excludes halogenated alkanes) is 1. The lowest BCUT2D eigenvalue weighted by Gasteiger charge is -2.35. The predicted molar refractivity (Wildman–Crippen MR) is 152 cm³/mol. The second-order valence-electron chi connectivity index (χ2n) is 11.4. The summed E-state index contributed by atoms with van der Waals surface area (Å²) in [6.07, 6.45) is 17.9. The molecule has 1 aliphatic carbocycles. The van der Waals surface area contributed by atoms with E-state index in [2.05, 4.69) is 41.5 Å². The third kappa shape index (κ3) is 7.09. The third-order valence-corrected chi connectivity index (χ3v) is 9.20. The molecule has 37 heavy (non-hydrogen) atoms. The van der Waals surface area contributed by atoms with Gasteiger partial charge < -0.3 is 9.30 Å². The summed E-state index contributed by atoms with van der Waals surface area (Å²) in [5.74, 6) is 3.85. The minimum atomic E-state index is -0.0157. The number of imidazole rings is 1. The van der Waals surface area contributed by atoms with Gasteiger partial charge >= 0.3 is 5.97 Å². The average Bonchev–Trinajstić information content (AvgIpc) is 3.27. The summed E-state index contributed by atoms with van der Waals surface area (Å²) in [6, 6.07) is 0. The third-order valence-electron chi connectivity index (χ3n) is 8.94. The molecule has 0 amide bonds. The van der Waals surface area contributed by atoms with Crippen LogP contribution in [-0.4, -0.2) is 46.0 Å². The van der Waals surface area contributed by atoms with Crippen molar-refractivity contribution < 1.29 is 9.53 Å². The van der Waals surface area contributed by atoms with Crippen LogP contribution < -0.4 is 0 Å². The Morgan fingerprint density at radius 2 is 1.97 bits per heavy atom. The van der Waals surface area contributed by atoms with Crippen LogP contribution in [0.3, 0.4) is 0 Å². The second-order valence-corrected chi connectivity index (χ2v) is 11.8. The SMILES string of the molecule is CCCCC(CCCCl)c1nc2n(c1CN1CCC(C(=O)OCC)CC1)CC(C1CC=CC=C1C)CC2. The number of likely N-dealkylation sites (tertiary alicyclic amines) is 1.